The third kappa shape index (κ3) is 5.30. The number of methoxy groups -OCH3 is 2. The van der Waals surface area contributed by atoms with Gasteiger partial charge in [0.25, 0.3) is 17.5 Å². The van der Waals surface area contributed by atoms with E-state index in [4.69, 9.17) is 9.47 Å². The number of nitro benzene ring substituents is 1. The Morgan fingerprint density at radius 2 is 1.35 bits per heavy atom. The van der Waals surface area contributed by atoms with Gasteiger partial charge in [0.1, 0.15) is 17.2 Å². The Balaban J connectivity index is 2.09. The predicted octanol–water partition coefficient (Wildman–Crippen LogP) is 3.50. The van der Waals surface area contributed by atoms with E-state index in [2.05, 4.69) is 5.10 Å². The van der Waals surface area contributed by atoms with Crippen molar-refractivity contribution in [1.82, 2.24) is 5.01 Å². The number of hydrazone groups is 1. The van der Waals surface area contributed by atoms with Crippen molar-refractivity contribution < 1.29 is 28.8 Å². The molecular formula is C24H19N3O7. The number of aldehydes is 1. The second-order valence-corrected chi connectivity index (χ2v) is 6.79. The molecule has 0 saturated heterocycles. The first-order valence-electron chi connectivity index (χ1n) is 9.83. The lowest BCUT2D eigenvalue weighted by Crippen LogP contribution is -2.34. The Bertz CT molecular complexity index is 1190. The molecule has 0 atom stereocenters. The van der Waals surface area contributed by atoms with Crippen LogP contribution in [0.2, 0.25) is 0 Å². The number of non-ortho nitro benzene ring substituents is 1. The van der Waals surface area contributed by atoms with Crippen molar-refractivity contribution in [2.75, 3.05) is 14.2 Å². The van der Waals surface area contributed by atoms with Gasteiger partial charge >= 0.3 is 0 Å². The van der Waals surface area contributed by atoms with E-state index in [0.717, 1.165) is 6.07 Å². The number of carbonyl (C=O) groups excluding carboxylic acids is 3. The van der Waals surface area contributed by atoms with Crippen LogP contribution < -0.4 is 9.47 Å². The van der Waals surface area contributed by atoms with Gasteiger partial charge in [0.05, 0.1) is 19.1 Å². The van der Waals surface area contributed by atoms with Crippen LogP contribution in [0.25, 0.3) is 0 Å². The maximum Gasteiger partial charge on any atom is 0.281 e. The predicted molar refractivity (Wildman–Crippen MR) is 122 cm³/mol. The number of hydrogen-bond donors (Lipinski definition) is 0. The van der Waals surface area contributed by atoms with Gasteiger partial charge in [-0.2, -0.15) is 10.1 Å². The highest BCUT2D eigenvalue weighted by Crippen LogP contribution is 2.19. The molecule has 0 radical (unpaired) electrons. The second-order valence-electron chi connectivity index (χ2n) is 6.79. The van der Waals surface area contributed by atoms with Crippen molar-refractivity contribution >= 4 is 29.5 Å². The summed E-state index contributed by atoms with van der Waals surface area (Å²) in [7, 11) is 2.94. The fraction of sp³-hybridized carbons (Fsp3) is 0.0833. The summed E-state index contributed by atoms with van der Waals surface area (Å²) in [6, 6.07) is 17.1. The number of benzene rings is 3. The summed E-state index contributed by atoms with van der Waals surface area (Å²) < 4.78 is 10.2. The Kier molecular flexibility index (Phi) is 7.45. The van der Waals surface area contributed by atoms with Gasteiger partial charge in [-0.3, -0.25) is 24.5 Å². The minimum Gasteiger partial charge on any atom is -0.497 e. The Morgan fingerprint density at radius 3 is 1.76 bits per heavy atom. The van der Waals surface area contributed by atoms with Gasteiger partial charge in [-0.15, -0.1) is 0 Å². The molecule has 0 bridgehead atoms. The van der Waals surface area contributed by atoms with Gasteiger partial charge in [-0.05, 0) is 48.5 Å². The fourth-order valence-electron chi connectivity index (χ4n) is 2.93. The summed E-state index contributed by atoms with van der Waals surface area (Å²) in [5, 5.41) is 15.7. The van der Waals surface area contributed by atoms with Gasteiger partial charge in [-0.25, -0.2) is 0 Å². The molecule has 3 aromatic carbocycles. The van der Waals surface area contributed by atoms with Crippen molar-refractivity contribution in [3.63, 3.8) is 0 Å². The first-order chi connectivity index (χ1) is 16.4. The molecule has 0 spiro atoms. The zero-order valence-electron chi connectivity index (χ0n) is 18.2. The highest BCUT2D eigenvalue weighted by atomic mass is 16.6. The second kappa shape index (κ2) is 10.6. The molecule has 2 amide bonds. The molecule has 0 saturated carbocycles. The van der Waals surface area contributed by atoms with Crippen molar-refractivity contribution in [2.45, 2.75) is 0 Å². The normalized spacial score (nSPS) is 10.8. The minimum atomic E-state index is -0.812. The maximum absolute atomic E-state index is 13.2. The average molecular weight is 461 g/mol. The topological polar surface area (TPSA) is 128 Å². The zero-order valence-corrected chi connectivity index (χ0v) is 18.2. The number of nitro groups is 1. The summed E-state index contributed by atoms with van der Waals surface area (Å²) in [4.78, 5) is 48.8. The fourth-order valence-corrected chi connectivity index (χ4v) is 2.93. The molecule has 0 aromatic heterocycles. The third-order valence-electron chi connectivity index (χ3n) is 4.73. The molecule has 0 aliphatic rings. The van der Waals surface area contributed by atoms with Gasteiger partial charge < -0.3 is 9.47 Å². The number of nitrogens with zero attached hydrogens (tertiary/aromatic N) is 3. The standard InChI is InChI=1S/C24H19N3O7/c1-33-20-10-6-16(7-11-20)23(29)26(24(30)17-8-12-21(34-2)13-9-17)25-22(15-28)18-4-3-5-19(14-18)27(31)32/h3-15H,1-2H3. The molecule has 0 aliphatic carbocycles. The van der Waals surface area contributed by atoms with E-state index in [1.54, 1.807) is 0 Å². The molecule has 0 fully saturated rings. The van der Waals surface area contributed by atoms with Gasteiger partial charge in [-0.1, -0.05) is 12.1 Å². The smallest absolute Gasteiger partial charge is 0.281 e. The maximum atomic E-state index is 13.2. The van der Waals surface area contributed by atoms with E-state index >= 15 is 0 Å². The van der Waals surface area contributed by atoms with Crippen molar-refractivity contribution in [1.29, 1.82) is 0 Å². The molecule has 0 N–H and O–H groups in total. The summed E-state index contributed by atoms with van der Waals surface area (Å²) in [5.41, 5.74) is -0.334. The van der Waals surface area contributed by atoms with E-state index in [1.807, 2.05) is 0 Å². The molecule has 0 unspecified atom stereocenters. The van der Waals surface area contributed by atoms with Gasteiger partial charge in [0.2, 0.25) is 0 Å². The number of amides is 2. The summed E-state index contributed by atoms with van der Waals surface area (Å²) in [5.74, 6) is -0.627. The SMILES string of the molecule is COc1ccc(C(=O)N(N=C(C=O)c2cccc([N+](=O)[O-])c2)C(=O)c2ccc(OC)cc2)cc1. The van der Waals surface area contributed by atoms with E-state index in [0.29, 0.717) is 22.8 Å². The summed E-state index contributed by atoms with van der Waals surface area (Å²) in [6.07, 6.45) is 0.314. The number of ether oxygens (including phenoxy) is 2. The largest absolute Gasteiger partial charge is 0.497 e. The molecule has 10 nitrogen and oxygen atoms in total. The number of carbonyl (C=O) groups is 3. The molecule has 0 aliphatic heterocycles. The Morgan fingerprint density at radius 1 is 0.853 bits per heavy atom. The number of imide groups is 1. The summed E-state index contributed by atoms with van der Waals surface area (Å²) >= 11 is 0. The molecule has 10 heteroatoms. The number of rotatable bonds is 8. The molecular weight excluding hydrogens is 442 g/mol. The first kappa shape index (κ1) is 23.8. The van der Waals surface area contributed by atoms with E-state index in [-0.39, 0.29) is 28.1 Å². The van der Waals surface area contributed by atoms with Crippen LogP contribution >= 0.6 is 0 Å². The Labute approximate surface area is 194 Å². The Hall–Kier alpha value is -4.86. The van der Waals surface area contributed by atoms with E-state index < -0.39 is 16.7 Å². The van der Waals surface area contributed by atoms with Crippen LogP contribution in [0.1, 0.15) is 26.3 Å². The zero-order chi connectivity index (χ0) is 24.7. The highest BCUT2D eigenvalue weighted by molar-refractivity contribution is 6.36. The van der Waals surface area contributed by atoms with Gasteiger partial charge in [0, 0.05) is 28.8 Å². The van der Waals surface area contributed by atoms with E-state index in [1.165, 1.54) is 80.9 Å². The highest BCUT2D eigenvalue weighted by Gasteiger charge is 2.26. The van der Waals surface area contributed by atoms with Gasteiger partial charge in [0.15, 0.2) is 6.29 Å². The molecule has 172 valence electrons. The van der Waals surface area contributed by atoms with Crippen LogP contribution in [0.15, 0.2) is 77.9 Å². The summed E-state index contributed by atoms with van der Waals surface area (Å²) in [6.45, 7) is 0. The molecule has 3 rings (SSSR count). The van der Waals surface area contributed by atoms with Crippen LogP contribution in [0.4, 0.5) is 5.69 Å². The van der Waals surface area contributed by atoms with Crippen LogP contribution in [0.5, 0.6) is 11.5 Å². The molecule has 34 heavy (non-hydrogen) atoms. The van der Waals surface area contributed by atoms with Crippen LogP contribution in [0.3, 0.4) is 0 Å². The first-order valence-corrected chi connectivity index (χ1v) is 9.83. The minimum absolute atomic E-state index is 0.0688. The molecule has 3 aromatic rings. The van der Waals surface area contributed by atoms with Crippen molar-refractivity contribution in [3.05, 3.63) is 99.6 Å². The third-order valence-corrected chi connectivity index (χ3v) is 4.73. The quantitative estimate of drug-likeness (QED) is 0.165. The average Bonchev–Trinajstić information content (AvgIpc) is 2.88. The number of hydrogen-bond acceptors (Lipinski definition) is 8. The van der Waals surface area contributed by atoms with Crippen molar-refractivity contribution in [3.8, 4) is 11.5 Å². The van der Waals surface area contributed by atoms with Crippen LogP contribution in [-0.2, 0) is 4.79 Å². The molecule has 0 heterocycles. The van der Waals surface area contributed by atoms with E-state index in [9.17, 15) is 24.5 Å². The monoisotopic (exact) mass is 461 g/mol. The lowest BCUT2D eigenvalue weighted by Gasteiger charge is -2.17. The van der Waals surface area contributed by atoms with Crippen molar-refractivity contribution in [2.24, 2.45) is 5.10 Å². The lowest BCUT2D eigenvalue weighted by atomic mass is 10.1. The van der Waals surface area contributed by atoms with Crippen LogP contribution in [-0.4, -0.2) is 48.0 Å². The lowest BCUT2D eigenvalue weighted by molar-refractivity contribution is -0.384. The van der Waals surface area contributed by atoms with Crippen LogP contribution in [0, 0.1) is 10.1 Å².